The molecule has 1 aliphatic heterocycles. The Kier molecular flexibility index (Phi) is 4.09. The van der Waals surface area contributed by atoms with Gasteiger partial charge in [-0.15, -0.1) is 0 Å². The van der Waals surface area contributed by atoms with Crippen LogP contribution in [0.25, 0.3) is 22.8 Å². The van der Waals surface area contributed by atoms with Crippen molar-refractivity contribution in [1.82, 2.24) is 24.5 Å². The Morgan fingerprint density at radius 1 is 0.931 bits per heavy atom. The predicted octanol–water partition coefficient (Wildman–Crippen LogP) is 2.56. The maximum atomic E-state index is 12.6. The highest BCUT2D eigenvalue weighted by atomic mass is 16.6. The van der Waals surface area contributed by atoms with Crippen molar-refractivity contribution in [2.45, 2.75) is 6.92 Å². The minimum Gasteiger partial charge on any atom is -0.486 e. The molecule has 0 aliphatic carbocycles. The van der Waals surface area contributed by atoms with E-state index < -0.39 is 0 Å². The summed E-state index contributed by atoms with van der Waals surface area (Å²) in [4.78, 5) is 16.8. The van der Waals surface area contributed by atoms with Crippen LogP contribution in [0, 0.1) is 6.92 Å². The molecule has 8 heteroatoms. The molecule has 0 saturated heterocycles. The van der Waals surface area contributed by atoms with Crippen LogP contribution in [-0.4, -0.2) is 37.8 Å². The fraction of sp³-hybridized carbons (Fsp3) is 0.143. The number of hydrogen-bond donors (Lipinski definition) is 0. The molecule has 4 heterocycles. The second-order valence-electron chi connectivity index (χ2n) is 6.58. The Bertz CT molecular complexity index is 1260. The van der Waals surface area contributed by atoms with Crippen LogP contribution in [0.4, 0.5) is 0 Å². The lowest BCUT2D eigenvalue weighted by Gasteiger charge is -2.19. The van der Waals surface area contributed by atoms with Crippen molar-refractivity contribution in [3.63, 3.8) is 0 Å². The summed E-state index contributed by atoms with van der Waals surface area (Å²) >= 11 is 0. The van der Waals surface area contributed by atoms with E-state index in [4.69, 9.17) is 9.47 Å². The highest BCUT2D eigenvalue weighted by Gasteiger charge is 2.17. The van der Waals surface area contributed by atoms with Gasteiger partial charge in [0.05, 0.1) is 23.3 Å². The van der Waals surface area contributed by atoms with E-state index in [0.29, 0.717) is 36.1 Å². The summed E-state index contributed by atoms with van der Waals surface area (Å²) in [7, 11) is 0. The van der Waals surface area contributed by atoms with Crippen LogP contribution in [0.2, 0.25) is 0 Å². The maximum Gasteiger partial charge on any atom is 0.209 e. The van der Waals surface area contributed by atoms with E-state index in [2.05, 4.69) is 15.2 Å². The molecule has 144 valence electrons. The third-order valence-corrected chi connectivity index (χ3v) is 4.61. The van der Waals surface area contributed by atoms with Crippen molar-refractivity contribution in [3.05, 3.63) is 77.0 Å². The smallest absolute Gasteiger partial charge is 0.209 e. The molecule has 5 rings (SSSR count). The average molecular weight is 387 g/mol. The van der Waals surface area contributed by atoms with E-state index in [1.807, 2.05) is 37.3 Å². The number of ether oxygens (including phenoxy) is 2. The minimum atomic E-state index is -0.189. The second kappa shape index (κ2) is 6.90. The standard InChI is InChI=1S/C21H17N5O3/c1-14-12-15(4-7-22-14)25-9-6-18(27)21(24-25)17-5-8-23-26(17)16-2-3-19-20(13-16)29-11-10-28-19/h2-9,12-13H,10-11H2,1H3. The van der Waals surface area contributed by atoms with Crippen LogP contribution in [0.3, 0.4) is 0 Å². The minimum absolute atomic E-state index is 0.189. The van der Waals surface area contributed by atoms with Crippen LogP contribution in [-0.2, 0) is 0 Å². The monoisotopic (exact) mass is 387 g/mol. The van der Waals surface area contributed by atoms with Crippen LogP contribution in [0.5, 0.6) is 11.5 Å². The molecule has 0 fully saturated rings. The maximum absolute atomic E-state index is 12.6. The number of pyridine rings is 1. The Balaban J connectivity index is 1.61. The highest BCUT2D eigenvalue weighted by Crippen LogP contribution is 2.32. The normalized spacial score (nSPS) is 12.7. The van der Waals surface area contributed by atoms with Crippen molar-refractivity contribution in [2.24, 2.45) is 0 Å². The number of benzene rings is 1. The number of aryl methyl sites for hydroxylation is 1. The molecule has 4 aromatic rings. The number of fused-ring (bicyclic) bond motifs is 1. The summed E-state index contributed by atoms with van der Waals surface area (Å²) in [6.07, 6.45) is 5.00. The molecule has 0 radical (unpaired) electrons. The fourth-order valence-corrected chi connectivity index (χ4v) is 3.25. The van der Waals surface area contributed by atoms with Crippen molar-refractivity contribution in [3.8, 4) is 34.3 Å². The van der Waals surface area contributed by atoms with Gasteiger partial charge >= 0.3 is 0 Å². The third-order valence-electron chi connectivity index (χ3n) is 4.61. The first-order chi connectivity index (χ1) is 14.2. The Morgan fingerprint density at radius 2 is 1.79 bits per heavy atom. The van der Waals surface area contributed by atoms with Crippen LogP contribution in [0.15, 0.2) is 65.8 Å². The molecule has 1 aliphatic rings. The number of rotatable bonds is 3. The van der Waals surface area contributed by atoms with E-state index >= 15 is 0 Å². The Morgan fingerprint density at radius 3 is 2.66 bits per heavy atom. The molecule has 0 saturated carbocycles. The third kappa shape index (κ3) is 3.14. The summed E-state index contributed by atoms with van der Waals surface area (Å²) in [5, 5.41) is 8.95. The lowest BCUT2D eigenvalue weighted by molar-refractivity contribution is 0.171. The van der Waals surface area contributed by atoms with Gasteiger partial charge in [0.2, 0.25) is 5.43 Å². The van der Waals surface area contributed by atoms with Crippen LogP contribution in [0.1, 0.15) is 5.69 Å². The molecule has 0 unspecified atom stereocenters. The first kappa shape index (κ1) is 17.2. The van der Waals surface area contributed by atoms with E-state index in [0.717, 1.165) is 17.1 Å². The molecule has 0 spiro atoms. The quantitative estimate of drug-likeness (QED) is 0.537. The van der Waals surface area contributed by atoms with Crippen LogP contribution >= 0.6 is 0 Å². The molecule has 0 atom stereocenters. The van der Waals surface area contributed by atoms with E-state index in [9.17, 15) is 4.79 Å². The molecule has 8 nitrogen and oxygen atoms in total. The summed E-state index contributed by atoms with van der Waals surface area (Å²) in [6, 6.07) is 12.6. The molecule has 0 bridgehead atoms. The zero-order chi connectivity index (χ0) is 19.8. The van der Waals surface area contributed by atoms with Gasteiger partial charge < -0.3 is 9.47 Å². The number of nitrogens with zero attached hydrogens (tertiary/aromatic N) is 5. The second-order valence-corrected chi connectivity index (χ2v) is 6.58. The summed E-state index contributed by atoms with van der Waals surface area (Å²) in [5.41, 5.74) is 3.15. The van der Waals surface area contributed by atoms with Gasteiger partial charge in [-0.3, -0.25) is 9.78 Å². The lowest BCUT2D eigenvalue weighted by Crippen LogP contribution is -2.16. The topological polar surface area (TPSA) is 84.1 Å². The van der Waals surface area contributed by atoms with Gasteiger partial charge in [0, 0.05) is 30.2 Å². The Labute approximate surface area is 166 Å². The zero-order valence-corrected chi connectivity index (χ0v) is 15.6. The molecule has 29 heavy (non-hydrogen) atoms. The molecular formula is C21H17N5O3. The lowest BCUT2D eigenvalue weighted by atomic mass is 10.2. The van der Waals surface area contributed by atoms with Gasteiger partial charge in [-0.2, -0.15) is 10.2 Å². The Hall–Kier alpha value is -3.94. The van der Waals surface area contributed by atoms with Gasteiger partial charge in [0.25, 0.3) is 0 Å². The molecule has 1 aromatic carbocycles. The first-order valence-corrected chi connectivity index (χ1v) is 9.16. The van der Waals surface area contributed by atoms with Crippen molar-refractivity contribution in [2.75, 3.05) is 13.2 Å². The van der Waals surface area contributed by atoms with Crippen LogP contribution < -0.4 is 14.9 Å². The van der Waals surface area contributed by atoms with Gasteiger partial charge in [-0.05, 0) is 37.3 Å². The SMILES string of the molecule is Cc1cc(-n2ccc(=O)c(-c3ccnn3-c3ccc4c(c3)OCCO4)n2)ccn1. The van der Waals surface area contributed by atoms with Crippen molar-refractivity contribution < 1.29 is 9.47 Å². The average Bonchev–Trinajstić information content (AvgIpc) is 3.23. The van der Waals surface area contributed by atoms with Gasteiger partial charge in [-0.1, -0.05) is 0 Å². The molecule has 0 amide bonds. The summed E-state index contributed by atoms with van der Waals surface area (Å²) in [5.74, 6) is 1.35. The molecular weight excluding hydrogens is 370 g/mol. The number of hydrogen-bond acceptors (Lipinski definition) is 6. The van der Waals surface area contributed by atoms with Gasteiger partial charge in [0.1, 0.15) is 13.2 Å². The van der Waals surface area contributed by atoms with Crippen molar-refractivity contribution in [1.29, 1.82) is 0 Å². The van der Waals surface area contributed by atoms with E-state index in [-0.39, 0.29) is 5.43 Å². The largest absolute Gasteiger partial charge is 0.486 e. The highest BCUT2D eigenvalue weighted by molar-refractivity contribution is 5.59. The van der Waals surface area contributed by atoms with Crippen molar-refractivity contribution >= 4 is 0 Å². The predicted molar refractivity (Wildman–Crippen MR) is 106 cm³/mol. The first-order valence-electron chi connectivity index (χ1n) is 9.16. The molecule has 3 aromatic heterocycles. The zero-order valence-electron chi connectivity index (χ0n) is 15.6. The van der Waals surface area contributed by atoms with Gasteiger partial charge in [0.15, 0.2) is 17.2 Å². The number of aromatic nitrogens is 5. The molecule has 0 N–H and O–H groups in total. The van der Waals surface area contributed by atoms with E-state index in [1.165, 1.54) is 6.07 Å². The van der Waals surface area contributed by atoms with Gasteiger partial charge in [-0.25, -0.2) is 9.36 Å². The summed E-state index contributed by atoms with van der Waals surface area (Å²) < 4.78 is 14.6. The summed E-state index contributed by atoms with van der Waals surface area (Å²) in [6.45, 7) is 2.93. The fourth-order valence-electron chi connectivity index (χ4n) is 3.25. The van der Waals surface area contributed by atoms with E-state index in [1.54, 1.807) is 34.0 Å².